The van der Waals surface area contributed by atoms with Gasteiger partial charge in [-0.25, -0.2) is 0 Å². The molecule has 0 aliphatic heterocycles. The van der Waals surface area contributed by atoms with E-state index in [0.29, 0.717) is 29.1 Å². The molecule has 0 saturated heterocycles. The first-order chi connectivity index (χ1) is 14.2. The summed E-state index contributed by atoms with van der Waals surface area (Å²) in [5.41, 5.74) is 3.16. The van der Waals surface area contributed by atoms with E-state index in [1.807, 2.05) is 73.7 Å². The number of nitrogens with one attached hydrogen (secondary N) is 3. The summed E-state index contributed by atoms with van der Waals surface area (Å²) in [6.45, 7) is 1.82. The molecule has 0 bridgehead atoms. The standard InChI is InChI=1S/C22H20N6O/c1-15-18(13-8-14-19(15)29)25-22-27-20(23-16-9-4-2-5-10-16)26-21(28-22)24-17-11-6-3-7-12-17/h2-14,29H,1H3,(H3,23,24,25,26,27,28). The molecule has 4 aromatic rings. The number of rotatable bonds is 6. The van der Waals surface area contributed by atoms with Crippen molar-refractivity contribution in [2.24, 2.45) is 0 Å². The predicted molar refractivity (Wildman–Crippen MR) is 115 cm³/mol. The van der Waals surface area contributed by atoms with E-state index in [4.69, 9.17) is 0 Å². The van der Waals surface area contributed by atoms with Crippen LogP contribution in [0.5, 0.6) is 5.75 Å². The Hall–Kier alpha value is -4.13. The second-order valence-corrected chi connectivity index (χ2v) is 6.36. The number of aromatic nitrogens is 3. The van der Waals surface area contributed by atoms with Crippen molar-refractivity contribution < 1.29 is 5.11 Å². The van der Waals surface area contributed by atoms with Crippen molar-refractivity contribution in [1.29, 1.82) is 0 Å². The molecule has 1 aromatic heterocycles. The smallest absolute Gasteiger partial charge is 0.233 e. The molecule has 0 aliphatic carbocycles. The van der Waals surface area contributed by atoms with Gasteiger partial charge in [0.1, 0.15) is 5.75 Å². The fourth-order valence-electron chi connectivity index (χ4n) is 2.72. The van der Waals surface area contributed by atoms with Gasteiger partial charge in [0.15, 0.2) is 0 Å². The minimum atomic E-state index is 0.203. The molecule has 0 unspecified atom stereocenters. The molecule has 0 saturated carbocycles. The van der Waals surface area contributed by atoms with Gasteiger partial charge in [0.2, 0.25) is 17.8 Å². The highest BCUT2D eigenvalue weighted by atomic mass is 16.3. The van der Waals surface area contributed by atoms with E-state index >= 15 is 0 Å². The molecule has 0 amide bonds. The van der Waals surface area contributed by atoms with Gasteiger partial charge in [-0.3, -0.25) is 0 Å². The maximum Gasteiger partial charge on any atom is 0.233 e. The Morgan fingerprint density at radius 1 is 0.586 bits per heavy atom. The maximum atomic E-state index is 9.96. The first-order valence-electron chi connectivity index (χ1n) is 9.13. The molecule has 0 aliphatic rings. The molecule has 7 nitrogen and oxygen atoms in total. The quantitative estimate of drug-likeness (QED) is 0.367. The summed E-state index contributed by atoms with van der Waals surface area (Å²) in [6.07, 6.45) is 0. The highest BCUT2D eigenvalue weighted by Crippen LogP contribution is 2.27. The summed E-state index contributed by atoms with van der Waals surface area (Å²) >= 11 is 0. The molecule has 29 heavy (non-hydrogen) atoms. The molecule has 1 heterocycles. The summed E-state index contributed by atoms with van der Waals surface area (Å²) in [6, 6.07) is 24.6. The van der Waals surface area contributed by atoms with Gasteiger partial charge in [-0.15, -0.1) is 0 Å². The predicted octanol–water partition coefficient (Wildman–Crippen LogP) is 5.12. The average Bonchev–Trinajstić information content (AvgIpc) is 2.73. The Balaban J connectivity index is 1.68. The van der Waals surface area contributed by atoms with Crippen LogP contribution in [0.2, 0.25) is 0 Å². The van der Waals surface area contributed by atoms with E-state index < -0.39 is 0 Å². The van der Waals surface area contributed by atoms with Gasteiger partial charge in [0.25, 0.3) is 0 Å². The van der Waals surface area contributed by atoms with Gasteiger partial charge in [-0.1, -0.05) is 42.5 Å². The number of anilines is 6. The fourth-order valence-corrected chi connectivity index (χ4v) is 2.72. The van der Waals surface area contributed by atoms with Crippen molar-refractivity contribution in [2.75, 3.05) is 16.0 Å². The molecule has 0 radical (unpaired) electrons. The van der Waals surface area contributed by atoms with Crippen LogP contribution in [-0.4, -0.2) is 20.1 Å². The molecule has 4 rings (SSSR count). The monoisotopic (exact) mass is 384 g/mol. The molecule has 4 N–H and O–H groups in total. The Morgan fingerprint density at radius 3 is 1.59 bits per heavy atom. The third-order valence-corrected chi connectivity index (χ3v) is 4.25. The highest BCUT2D eigenvalue weighted by Gasteiger charge is 2.10. The van der Waals surface area contributed by atoms with Crippen molar-refractivity contribution in [3.8, 4) is 5.75 Å². The lowest BCUT2D eigenvalue weighted by Gasteiger charge is -2.13. The normalized spacial score (nSPS) is 10.4. The number of aromatic hydroxyl groups is 1. The van der Waals surface area contributed by atoms with Crippen LogP contribution in [0, 0.1) is 6.92 Å². The third-order valence-electron chi connectivity index (χ3n) is 4.25. The van der Waals surface area contributed by atoms with Crippen LogP contribution in [0.3, 0.4) is 0 Å². The van der Waals surface area contributed by atoms with E-state index in [9.17, 15) is 5.11 Å². The van der Waals surface area contributed by atoms with Gasteiger partial charge >= 0.3 is 0 Å². The summed E-state index contributed by atoms with van der Waals surface area (Å²) in [5, 5.41) is 19.5. The second kappa shape index (κ2) is 8.26. The van der Waals surface area contributed by atoms with Gasteiger partial charge in [0, 0.05) is 22.6 Å². The van der Waals surface area contributed by atoms with E-state index in [0.717, 1.165) is 11.4 Å². The van der Waals surface area contributed by atoms with Crippen LogP contribution in [0.25, 0.3) is 0 Å². The van der Waals surface area contributed by atoms with Crippen LogP contribution in [0.4, 0.5) is 34.9 Å². The summed E-state index contributed by atoms with van der Waals surface area (Å²) in [7, 11) is 0. The van der Waals surface area contributed by atoms with Crippen molar-refractivity contribution in [1.82, 2.24) is 15.0 Å². The van der Waals surface area contributed by atoms with Gasteiger partial charge in [-0.2, -0.15) is 15.0 Å². The molecule has 0 spiro atoms. The topological polar surface area (TPSA) is 95.0 Å². The van der Waals surface area contributed by atoms with Gasteiger partial charge in [-0.05, 0) is 43.3 Å². The van der Waals surface area contributed by atoms with Crippen LogP contribution in [-0.2, 0) is 0 Å². The van der Waals surface area contributed by atoms with Crippen molar-refractivity contribution in [3.63, 3.8) is 0 Å². The zero-order valence-corrected chi connectivity index (χ0v) is 15.8. The van der Waals surface area contributed by atoms with E-state index in [2.05, 4.69) is 30.9 Å². The van der Waals surface area contributed by atoms with Crippen LogP contribution in [0.1, 0.15) is 5.56 Å². The molecular formula is C22H20N6O. The largest absolute Gasteiger partial charge is 0.508 e. The SMILES string of the molecule is Cc1c(O)cccc1Nc1nc(Nc2ccccc2)nc(Nc2ccccc2)n1. The van der Waals surface area contributed by atoms with Crippen molar-refractivity contribution >= 4 is 34.9 Å². The number of benzene rings is 3. The first kappa shape index (κ1) is 18.2. The second-order valence-electron chi connectivity index (χ2n) is 6.36. The first-order valence-corrected chi connectivity index (χ1v) is 9.13. The van der Waals surface area contributed by atoms with Crippen LogP contribution in [0.15, 0.2) is 78.9 Å². The summed E-state index contributed by atoms with van der Waals surface area (Å²) in [4.78, 5) is 13.4. The molecule has 3 aromatic carbocycles. The van der Waals surface area contributed by atoms with Crippen molar-refractivity contribution in [3.05, 3.63) is 84.4 Å². The number of para-hydroxylation sites is 2. The molecule has 0 atom stereocenters. The minimum absolute atomic E-state index is 0.203. The minimum Gasteiger partial charge on any atom is -0.508 e. The Bertz CT molecular complexity index is 1040. The van der Waals surface area contributed by atoms with Crippen LogP contribution >= 0.6 is 0 Å². The van der Waals surface area contributed by atoms with E-state index in [1.54, 1.807) is 12.1 Å². The number of phenolic OH excluding ortho intramolecular Hbond substituents is 1. The lowest BCUT2D eigenvalue weighted by atomic mass is 10.2. The Morgan fingerprint density at radius 2 is 1.07 bits per heavy atom. The molecule has 7 heteroatoms. The lowest BCUT2D eigenvalue weighted by Crippen LogP contribution is -2.07. The zero-order valence-electron chi connectivity index (χ0n) is 15.8. The molecule has 0 fully saturated rings. The molecule has 144 valence electrons. The number of hydrogen-bond donors (Lipinski definition) is 4. The summed E-state index contributed by atoms with van der Waals surface area (Å²) < 4.78 is 0. The lowest BCUT2D eigenvalue weighted by molar-refractivity contribution is 0.471. The van der Waals surface area contributed by atoms with Gasteiger partial charge < -0.3 is 21.1 Å². The Labute approximate surface area is 168 Å². The van der Waals surface area contributed by atoms with Crippen LogP contribution < -0.4 is 16.0 Å². The van der Waals surface area contributed by atoms with E-state index in [1.165, 1.54) is 0 Å². The highest BCUT2D eigenvalue weighted by molar-refractivity contribution is 5.65. The van der Waals surface area contributed by atoms with Crippen molar-refractivity contribution in [2.45, 2.75) is 6.92 Å². The Kier molecular flexibility index (Phi) is 5.20. The number of phenols is 1. The zero-order chi connectivity index (χ0) is 20.1. The van der Waals surface area contributed by atoms with E-state index in [-0.39, 0.29) is 5.75 Å². The maximum absolute atomic E-state index is 9.96. The number of hydrogen-bond acceptors (Lipinski definition) is 7. The number of nitrogens with zero attached hydrogens (tertiary/aromatic N) is 3. The fraction of sp³-hybridized carbons (Fsp3) is 0.0455. The third kappa shape index (κ3) is 4.59. The summed E-state index contributed by atoms with van der Waals surface area (Å²) in [5.74, 6) is 1.34. The average molecular weight is 384 g/mol. The molecular weight excluding hydrogens is 364 g/mol. The van der Waals surface area contributed by atoms with Gasteiger partial charge in [0.05, 0.1) is 0 Å².